The number of hydrogen-bond donors (Lipinski definition) is 3. The maximum absolute atomic E-state index is 14.4. The van der Waals surface area contributed by atoms with Crippen LogP contribution in [0.4, 0.5) is 10.7 Å². The molecule has 0 bridgehead atoms. The standard InChI is InChI=1S/C47H49N3O7S2/c1-7-57-46(54)39-35-25-24-32(47(2,3)4)27-38(35)59-45(39)50-44(53)41(29-16-10-8-11-17-29)58-34-22-15-21-33(28-34)48-43(52)36(49-42(51)30-18-12-9-13-19-30)26-31-20-14-23-37(55-5)40(31)56-6/h8-23,26,28,32,41H,7,24-25,27H2,1-6H3,(H,48,52)(H,49,51)(H,50,53)/b36-26+. The molecule has 0 aliphatic heterocycles. The number of hydrogen-bond acceptors (Lipinski definition) is 9. The minimum Gasteiger partial charge on any atom is -0.493 e. The number of ether oxygens (including phenoxy) is 3. The highest BCUT2D eigenvalue weighted by atomic mass is 32.2. The van der Waals surface area contributed by atoms with Gasteiger partial charge in [-0.2, -0.15) is 0 Å². The van der Waals surface area contributed by atoms with Crippen molar-refractivity contribution in [3.63, 3.8) is 0 Å². The van der Waals surface area contributed by atoms with Crippen LogP contribution in [0.2, 0.25) is 0 Å². The van der Waals surface area contributed by atoms with E-state index in [4.69, 9.17) is 14.2 Å². The van der Waals surface area contributed by atoms with Crippen molar-refractivity contribution in [3.05, 3.63) is 142 Å². The van der Waals surface area contributed by atoms with Gasteiger partial charge in [-0.05, 0) is 91.1 Å². The lowest BCUT2D eigenvalue weighted by atomic mass is 9.72. The maximum Gasteiger partial charge on any atom is 0.341 e. The van der Waals surface area contributed by atoms with Crippen LogP contribution in [0.5, 0.6) is 11.5 Å². The molecule has 12 heteroatoms. The Morgan fingerprint density at radius 1 is 0.881 bits per heavy atom. The summed E-state index contributed by atoms with van der Waals surface area (Å²) in [5.41, 5.74) is 3.58. The monoisotopic (exact) mass is 831 g/mol. The number of carbonyl (C=O) groups is 4. The second-order valence-corrected chi connectivity index (χ2v) is 17.4. The van der Waals surface area contributed by atoms with Crippen LogP contribution in [0.1, 0.15) is 81.6 Å². The van der Waals surface area contributed by atoms with Crippen LogP contribution in [-0.2, 0) is 27.2 Å². The number of benzene rings is 4. The summed E-state index contributed by atoms with van der Waals surface area (Å²) in [6.07, 6.45) is 4.06. The van der Waals surface area contributed by atoms with Crippen LogP contribution in [0.25, 0.3) is 6.08 Å². The van der Waals surface area contributed by atoms with Gasteiger partial charge in [-0.1, -0.05) is 87.5 Å². The third-order valence-electron chi connectivity index (χ3n) is 10.2. The van der Waals surface area contributed by atoms with Gasteiger partial charge in [0.05, 0.1) is 26.4 Å². The largest absolute Gasteiger partial charge is 0.493 e. The SMILES string of the molecule is CCOC(=O)c1c(NC(=O)C(Sc2cccc(NC(=O)/C(=C\c3cccc(OC)c3OC)NC(=O)c3ccccc3)c2)c2ccccc2)sc2c1CCC(C(C)(C)C)C2. The average molecular weight is 832 g/mol. The highest BCUT2D eigenvalue weighted by Gasteiger charge is 2.35. The zero-order chi connectivity index (χ0) is 42.1. The number of thiophene rings is 1. The maximum atomic E-state index is 14.4. The first-order chi connectivity index (χ1) is 28.4. The molecule has 2 unspecified atom stereocenters. The lowest BCUT2D eigenvalue weighted by Gasteiger charge is -2.33. The first-order valence-corrected chi connectivity index (χ1v) is 21.1. The van der Waals surface area contributed by atoms with Gasteiger partial charge in [0.15, 0.2) is 11.5 Å². The van der Waals surface area contributed by atoms with Gasteiger partial charge in [-0.3, -0.25) is 14.4 Å². The Labute approximate surface area is 353 Å². The van der Waals surface area contributed by atoms with Gasteiger partial charge in [-0.25, -0.2) is 4.79 Å². The predicted octanol–water partition coefficient (Wildman–Crippen LogP) is 9.97. The third kappa shape index (κ3) is 10.4. The van der Waals surface area contributed by atoms with E-state index < -0.39 is 23.0 Å². The van der Waals surface area contributed by atoms with Gasteiger partial charge in [0.2, 0.25) is 5.91 Å². The van der Waals surface area contributed by atoms with Crippen LogP contribution in [0.15, 0.2) is 114 Å². The number of nitrogens with one attached hydrogen (secondary N) is 3. The van der Waals surface area contributed by atoms with Crippen molar-refractivity contribution in [2.75, 3.05) is 31.5 Å². The summed E-state index contributed by atoms with van der Waals surface area (Å²) < 4.78 is 16.6. The molecule has 0 spiro atoms. The van der Waals surface area contributed by atoms with Gasteiger partial charge >= 0.3 is 5.97 Å². The zero-order valence-corrected chi connectivity index (χ0v) is 35.7. The molecule has 0 radical (unpaired) electrons. The fourth-order valence-electron chi connectivity index (χ4n) is 7.02. The number of amides is 3. The molecule has 1 heterocycles. The van der Waals surface area contributed by atoms with E-state index in [0.29, 0.717) is 49.7 Å². The number of anilines is 2. The molecule has 3 N–H and O–H groups in total. The second kappa shape index (κ2) is 19.3. The van der Waals surface area contributed by atoms with E-state index in [2.05, 4.69) is 36.7 Å². The quantitative estimate of drug-likeness (QED) is 0.0573. The topological polar surface area (TPSA) is 132 Å². The molecule has 1 aliphatic carbocycles. The van der Waals surface area contributed by atoms with Crippen LogP contribution < -0.4 is 25.4 Å². The number of carbonyl (C=O) groups excluding carboxylic acids is 4. The van der Waals surface area contributed by atoms with Gasteiger partial charge < -0.3 is 30.2 Å². The molecule has 4 aromatic carbocycles. The molecule has 59 heavy (non-hydrogen) atoms. The zero-order valence-electron chi connectivity index (χ0n) is 34.0. The lowest BCUT2D eigenvalue weighted by molar-refractivity contribution is -0.116. The molecule has 0 saturated carbocycles. The molecular formula is C47H49N3O7S2. The van der Waals surface area contributed by atoms with Gasteiger partial charge in [0.25, 0.3) is 11.8 Å². The van der Waals surface area contributed by atoms with Crippen molar-refractivity contribution >= 4 is 63.6 Å². The first kappa shape index (κ1) is 42.7. The van der Waals surface area contributed by atoms with Crippen molar-refractivity contribution in [2.24, 2.45) is 11.3 Å². The van der Waals surface area contributed by atoms with Crippen molar-refractivity contribution < 1.29 is 33.4 Å². The first-order valence-electron chi connectivity index (χ1n) is 19.4. The molecule has 0 saturated heterocycles. The summed E-state index contributed by atoms with van der Waals surface area (Å²) in [5.74, 6) is -0.481. The molecule has 1 aromatic heterocycles. The van der Waals surface area contributed by atoms with Crippen molar-refractivity contribution in [2.45, 2.75) is 57.1 Å². The van der Waals surface area contributed by atoms with E-state index >= 15 is 0 Å². The Bertz CT molecular complexity index is 2330. The molecule has 5 aromatic rings. The van der Waals surface area contributed by atoms with Gasteiger partial charge in [0, 0.05) is 26.6 Å². The van der Waals surface area contributed by atoms with E-state index in [1.54, 1.807) is 73.7 Å². The minimum atomic E-state index is -0.722. The Morgan fingerprint density at radius 3 is 2.27 bits per heavy atom. The van der Waals surface area contributed by atoms with Crippen LogP contribution in [-0.4, -0.2) is 44.5 Å². The Morgan fingerprint density at radius 2 is 1.59 bits per heavy atom. The molecule has 10 nitrogen and oxygen atoms in total. The number of thioether (sulfide) groups is 1. The van der Waals surface area contributed by atoms with Gasteiger partial charge in [-0.15, -0.1) is 23.1 Å². The normalized spacial score (nSPS) is 14.3. The van der Waals surface area contributed by atoms with Crippen molar-refractivity contribution in [3.8, 4) is 11.5 Å². The highest BCUT2D eigenvalue weighted by molar-refractivity contribution is 8.00. The summed E-state index contributed by atoms with van der Waals surface area (Å²) in [6, 6.07) is 30.4. The third-order valence-corrected chi connectivity index (χ3v) is 12.6. The summed E-state index contributed by atoms with van der Waals surface area (Å²) in [6.45, 7) is 8.73. The van der Waals surface area contributed by atoms with Crippen LogP contribution in [0, 0.1) is 11.3 Å². The summed E-state index contributed by atoms with van der Waals surface area (Å²) in [5, 5.41) is 8.60. The summed E-state index contributed by atoms with van der Waals surface area (Å²) in [7, 11) is 3.02. The number of para-hydroxylation sites is 1. The fraction of sp³-hybridized carbons (Fsp3) is 0.277. The summed E-state index contributed by atoms with van der Waals surface area (Å²) in [4.78, 5) is 57.0. The van der Waals surface area contributed by atoms with E-state index in [1.807, 2.05) is 36.4 Å². The van der Waals surface area contributed by atoms with Crippen molar-refractivity contribution in [1.29, 1.82) is 0 Å². The number of rotatable bonds is 14. The second-order valence-electron chi connectivity index (χ2n) is 15.1. The Hall–Kier alpha value is -5.85. The van der Waals surface area contributed by atoms with E-state index in [-0.39, 0.29) is 23.6 Å². The van der Waals surface area contributed by atoms with Gasteiger partial charge in [0.1, 0.15) is 15.9 Å². The number of fused-ring (bicyclic) bond motifs is 1. The van der Waals surface area contributed by atoms with E-state index in [0.717, 1.165) is 35.3 Å². The van der Waals surface area contributed by atoms with Crippen LogP contribution in [0.3, 0.4) is 0 Å². The Balaban J connectivity index is 1.28. The average Bonchev–Trinajstić information content (AvgIpc) is 3.60. The molecule has 306 valence electrons. The number of esters is 1. The molecule has 3 amide bonds. The van der Waals surface area contributed by atoms with Crippen LogP contribution >= 0.6 is 23.1 Å². The molecule has 2 atom stereocenters. The predicted molar refractivity (Wildman–Crippen MR) is 235 cm³/mol. The van der Waals surface area contributed by atoms with Crippen molar-refractivity contribution in [1.82, 2.24) is 5.32 Å². The smallest absolute Gasteiger partial charge is 0.341 e. The van der Waals surface area contributed by atoms with E-state index in [1.165, 1.54) is 43.4 Å². The number of methoxy groups -OCH3 is 2. The molecule has 6 rings (SSSR count). The minimum absolute atomic E-state index is 0.0325. The lowest BCUT2D eigenvalue weighted by Crippen LogP contribution is -2.30. The Kier molecular flexibility index (Phi) is 14.0. The molecule has 0 fully saturated rings. The molecule has 1 aliphatic rings. The fourth-order valence-corrected chi connectivity index (χ4v) is 9.42. The summed E-state index contributed by atoms with van der Waals surface area (Å²) >= 11 is 2.77. The molecular weight excluding hydrogens is 783 g/mol. The highest BCUT2D eigenvalue weighted by Crippen LogP contribution is 2.46. The van der Waals surface area contributed by atoms with E-state index in [9.17, 15) is 19.2 Å².